The van der Waals surface area contributed by atoms with Crippen LogP contribution in [0.25, 0.3) is 0 Å². The SMILES string of the molecule is O=C(O)c1ccnc(Nc2ccc(F)c(F)c2F)c1F. The topological polar surface area (TPSA) is 62.2 Å². The van der Waals surface area contributed by atoms with Gasteiger partial charge in [0.25, 0.3) is 0 Å². The molecule has 0 amide bonds. The molecule has 0 saturated heterocycles. The van der Waals surface area contributed by atoms with E-state index < -0.39 is 46.3 Å². The highest BCUT2D eigenvalue weighted by Gasteiger charge is 2.18. The standard InChI is InChI=1S/C12H6F4N2O2/c13-6-1-2-7(10(16)9(6)15)18-11-8(14)5(12(19)20)3-4-17-11/h1-4H,(H,17,18)(H,19,20). The summed E-state index contributed by atoms with van der Waals surface area (Å²) < 4.78 is 52.9. The van der Waals surface area contributed by atoms with Crippen LogP contribution in [0, 0.1) is 23.3 Å². The number of rotatable bonds is 3. The molecule has 0 bridgehead atoms. The van der Waals surface area contributed by atoms with Crippen LogP contribution in [-0.4, -0.2) is 16.1 Å². The first-order valence-electron chi connectivity index (χ1n) is 5.20. The Bertz CT molecular complexity index is 691. The molecular weight excluding hydrogens is 280 g/mol. The van der Waals surface area contributed by atoms with Gasteiger partial charge >= 0.3 is 5.97 Å². The van der Waals surface area contributed by atoms with E-state index in [4.69, 9.17) is 5.11 Å². The molecule has 4 nitrogen and oxygen atoms in total. The molecule has 1 aromatic carbocycles. The third-order valence-electron chi connectivity index (χ3n) is 2.41. The molecule has 0 aliphatic rings. The van der Waals surface area contributed by atoms with Crippen LogP contribution in [0.3, 0.4) is 0 Å². The van der Waals surface area contributed by atoms with Crippen LogP contribution in [-0.2, 0) is 0 Å². The van der Waals surface area contributed by atoms with Crippen LogP contribution in [0.2, 0.25) is 0 Å². The average Bonchev–Trinajstić information content (AvgIpc) is 2.41. The first kappa shape index (κ1) is 13.8. The fourth-order valence-electron chi connectivity index (χ4n) is 1.45. The van der Waals surface area contributed by atoms with Crippen molar-refractivity contribution < 1.29 is 27.5 Å². The van der Waals surface area contributed by atoms with E-state index in [9.17, 15) is 22.4 Å². The van der Waals surface area contributed by atoms with Gasteiger partial charge in [-0.3, -0.25) is 0 Å². The lowest BCUT2D eigenvalue weighted by molar-refractivity contribution is 0.0692. The van der Waals surface area contributed by atoms with E-state index in [1.54, 1.807) is 0 Å². The molecule has 104 valence electrons. The molecule has 20 heavy (non-hydrogen) atoms. The van der Waals surface area contributed by atoms with Crippen LogP contribution < -0.4 is 5.32 Å². The van der Waals surface area contributed by atoms with Gasteiger partial charge in [-0.2, -0.15) is 0 Å². The van der Waals surface area contributed by atoms with Gasteiger partial charge in [0.1, 0.15) is 5.56 Å². The first-order chi connectivity index (χ1) is 9.41. The largest absolute Gasteiger partial charge is 0.478 e. The van der Waals surface area contributed by atoms with Crippen molar-refractivity contribution >= 4 is 17.5 Å². The summed E-state index contributed by atoms with van der Waals surface area (Å²) in [5.74, 6) is -8.10. The van der Waals surface area contributed by atoms with E-state index in [0.29, 0.717) is 6.07 Å². The first-order valence-corrected chi connectivity index (χ1v) is 5.20. The zero-order valence-electron chi connectivity index (χ0n) is 9.62. The highest BCUT2D eigenvalue weighted by Crippen LogP contribution is 2.24. The lowest BCUT2D eigenvalue weighted by atomic mass is 10.2. The maximum absolute atomic E-state index is 13.7. The molecule has 2 aromatic rings. The summed E-state index contributed by atoms with van der Waals surface area (Å²) in [6.07, 6.45) is 0.979. The number of nitrogens with one attached hydrogen (secondary N) is 1. The molecule has 2 rings (SSSR count). The highest BCUT2D eigenvalue weighted by atomic mass is 19.2. The van der Waals surface area contributed by atoms with Crippen molar-refractivity contribution in [2.24, 2.45) is 0 Å². The van der Waals surface area contributed by atoms with Gasteiger partial charge in [-0.05, 0) is 18.2 Å². The number of nitrogens with zero attached hydrogens (tertiary/aromatic N) is 1. The number of pyridine rings is 1. The van der Waals surface area contributed by atoms with Crippen LogP contribution in [0.4, 0.5) is 29.1 Å². The second-order valence-electron chi connectivity index (χ2n) is 3.67. The minimum absolute atomic E-state index is 0.571. The molecule has 0 aliphatic heterocycles. The zero-order chi connectivity index (χ0) is 14.9. The molecule has 0 unspecified atom stereocenters. The number of carbonyl (C=O) groups is 1. The molecule has 0 aliphatic carbocycles. The Balaban J connectivity index is 2.43. The van der Waals surface area contributed by atoms with E-state index in [1.165, 1.54) is 0 Å². The summed E-state index contributed by atoms with van der Waals surface area (Å²) in [7, 11) is 0. The Labute approximate surface area is 109 Å². The summed E-state index contributed by atoms with van der Waals surface area (Å²) in [6, 6.07) is 2.38. The van der Waals surface area contributed by atoms with Gasteiger partial charge in [-0.1, -0.05) is 0 Å². The van der Waals surface area contributed by atoms with Gasteiger partial charge in [0, 0.05) is 6.20 Å². The minimum Gasteiger partial charge on any atom is -0.478 e. The van der Waals surface area contributed by atoms with E-state index >= 15 is 0 Å². The predicted molar refractivity (Wildman–Crippen MR) is 60.8 cm³/mol. The van der Waals surface area contributed by atoms with Crippen LogP contribution in [0.15, 0.2) is 24.4 Å². The number of hydrogen-bond donors (Lipinski definition) is 2. The number of hydrogen-bond acceptors (Lipinski definition) is 3. The Morgan fingerprint density at radius 2 is 1.75 bits per heavy atom. The third kappa shape index (κ3) is 2.40. The van der Waals surface area contributed by atoms with Crippen molar-refractivity contribution in [2.45, 2.75) is 0 Å². The van der Waals surface area contributed by atoms with Crippen LogP contribution >= 0.6 is 0 Å². The second-order valence-corrected chi connectivity index (χ2v) is 3.67. The molecule has 0 spiro atoms. The number of anilines is 2. The summed E-state index contributed by atoms with van der Waals surface area (Å²) >= 11 is 0. The Morgan fingerprint density at radius 3 is 2.40 bits per heavy atom. The lowest BCUT2D eigenvalue weighted by Crippen LogP contribution is -2.07. The Hall–Kier alpha value is -2.64. The molecule has 0 saturated carbocycles. The molecule has 0 fully saturated rings. The molecule has 0 atom stereocenters. The van der Waals surface area contributed by atoms with Crippen LogP contribution in [0.1, 0.15) is 10.4 Å². The van der Waals surface area contributed by atoms with Gasteiger partial charge in [0.15, 0.2) is 29.1 Å². The molecule has 1 heterocycles. The molecular formula is C12H6F4N2O2. The smallest absolute Gasteiger partial charge is 0.338 e. The van der Waals surface area contributed by atoms with E-state index in [0.717, 1.165) is 18.3 Å². The highest BCUT2D eigenvalue weighted by molar-refractivity contribution is 5.89. The summed E-state index contributed by atoms with van der Waals surface area (Å²) in [5.41, 5.74) is -1.26. The molecule has 2 N–H and O–H groups in total. The van der Waals surface area contributed by atoms with Crippen molar-refractivity contribution in [3.8, 4) is 0 Å². The Morgan fingerprint density at radius 1 is 1.05 bits per heavy atom. The van der Waals surface area contributed by atoms with Crippen molar-refractivity contribution in [1.29, 1.82) is 0 Å². The number of carboxylic acid groups (broad SMARTS) is 1. The summed E-state index contributed by atoms with van der Waals surface area (Å²) in [4.78, 5) is 14.2. The number of aromatic carboxylic acids is 1. The van der Waals surface area contributed by atoms with Crippen LogP contribution in [0.5, 0.6) is 0 Å². The maximum atomic E-state index is 13.7. The van der Waals surface area contributed by atoms with Crippen molar-refractivity contribution in [2.75, 3.05) is 5.32 Å². The third-order valence-corrected chi connectivity index (χ3v) is 2.41. The van der Waals surface area contributed by atoms with Crippen molar-refractivity contribution in [3.05, 3.63) is 53.2 Å². The fourth-order valence-corrected chi connectivity index (χ4v) is 1.45. The van der Waals surface area contributed by atoms with Gasteiger partial charge in [-0.15, -0.1) is 0 Å². The zero-order valence-corrected chi connectivity index (χ0v) is 9.62. The van der Waals surface area contributed by atoms with Crippen molar-refractivity contribution in [3.63, 3.8) is 0 Å². The number of aromatic nitrogens is 1. The lowest BCUT2D eigenvalue weighted by Gasteiger charge is -2.09. The quantitative estimate of drug-likeness (QED) is 0.672. The monoisotopic (exact) mass is 286 g/mol. The van der Waals surface area contributed by atoms with E-state index in [-0.39, 0.29) is 0 Å². The molecule has 8 heteroatoms. The maximum Gasteiger partial charge on any atom is 0.338 e. The second kappa shape index (κ2) is 5.16. The summed E-state index contributed by atoms with van der Waals surface area (Å²) in [5, 5.41) is 10.8. The average molecular weight is 286 g/mol. The van der Waals surface area contributed by atoms with E-state index in [2.05, 4.69) is 10.3 Å². The predicted octanol–water partition coefficient (Wildman–Crippen LogP) is 3.08. The van der Waals surface area contributed by atoms with Crippen molar-refractivity contribution in [1.82, 2.24) is 4.98 Å². The normalized spacial score (nSPS) is 10.4. The fraction of sp³-hybridized carbons (Fsp3) is 0. The minimum atomic E-state index is -1.73. The summed E-state index contributed by atoms with van der Waals surface area (Å²) in [6.45, 7) is 0. The van der Waals surface area contributed by atoms with Gasteiger partial charge in [0.2, 0.25) is 0 Å². The molecule has 1 aromatic heterocycles. The van der Waals surface area contributed by atoms with Gasteiger partial charge in [0.05, 0.1) is 5.69 Å². The number of halogens is 4. The van der Waals surface area contributed by atoms with Gasteiger partial charge < -0.3 is 10.4 Å². The Kier molecular flexibility index (Phi) is 3.55. The van der Waals surface area contributed by atoms with E-state index in [1.807, 2.05) is 0 Å². The number of carboxylic acids is 1. The molecule has 0 radical (unpaired) electrons. The van der Waals surface area contributed by atoms with Gasteiger partial charge in [-0.25, -0.2) is 27.3 Å². The number of benzene rings is 1.